The molecule has 1 aromatic heterocycles. The summed E-state index contributed by atoms with van der Waals surface area (Å²) in [6.07, 6.45) is 1.02. The maximum Gasteiger partial charge on any atom is 0.220 e. The normalized spacial score (nSPS) is 11.1. The SMILES string of the molecule is CC(C)n1nnnc1CCNC(=O)CC(c1ccccc1)c1ccccc1. The summed E-state index contributed by atoms with van der Waals surface area (Å²) in [6.45, 7) is 4.58. The molecule has 27 heavy (non-hydrogen) atoms. The van der Waals surface area contributed by atoms with Crippen LogP contribution in [0, 0.1) is 0 Å². The quantitative estimate of drug-likeness (QED) is 0.667. The van der Waals surface area contributed by atoms with Gasteiger partial charge in [0.05, 0.1) is 6.04 Å². The van der Waals surface area contributed by atoms with Gasteiger partial charge in [0.2, 0.25) is 5.91 Å². The summed E-state index contributed by atoms with van der Waals surface area (Å²) in [5.74, 6) is 0.845. The van der Waals surface area contributed by atoms with Gasteiger partial charge in [0.15, 0.2) is 5.82 Å². The van der Waals surface area contributed by atoms with E-state index in [9.17, 15) is 4.79 Å². The molecule has 0 atom stereocenters. The molecule has 3 aromatic rings. The van der Waals surface area contributed by atoms with Crippen LogP contribution in [0.15, 0.2) is 60.7 Å². The van der Waals surface area contributed by atoms with Gasteiger partial charge in [0.25, 0.3) is 0 Å². The number of nitrogens with one attached hydrogen (secondary N) is 1. The van der Waals surface area contributed by atoms with Crippen molar-refractivity contribution in [2.24, 2.45) is 0 Å². The van der Waals surface area contributed by atoms with Gasteiger partial charge < -0.3 is 5.32 Å². The number of aromatic nitrogens is 4. The molecule has 0 saturated carbocycles. The lowest BCUT2D eigenvalue weighted by molar-refractivity contribution is -0.121. The van der Waals surface area contributed by atoms with Crippen LogP contribution in [-0.2, 0) is 11.2 Å². The molecule has 0 spiro atoms. The largest absolute Gasteiger partial charge is 0.356 e. The highest BCUT2D eigenvalue weighted by Crippen LogP contribution is 2.27. The number of hydrogen-bond donors (Lipinski definition) is 1. The molecule has 0 radical (unpaired) electrons. The molecule has 0 unspecified atom stereocenters. The first kappa shape index (κ1) is 18.8. The molecule has 1 heterocycles. The van der Waals surface area contributed by atoms with Crippen molar-refractivity contribution in [3.8, 4) is 0 Å². The Morgan fingerprint density at radius 3 is 2.15 bits per heavy atom. The Kier molecular flexibility index (Phi) is 6.30. The van der Waals surface area contributed by atoms with Gasteiger partial charge in [-0.05, 0) is 35.4 Å². The Labute approximate surface area is 159 Å². The van der Waals surface area contributed by atoms with Crippen LogP contribution in [0.5, 0.6) is 0 Å². The number of hydrogen-bond acceptors (Lipinski definition) is 4. The second-order valence-corrected chi connectivity index (χ2v) is 6.81. The molecular formula is C21H25N5O. The Morgan fingerprint density at radius 1 is 1.00 bits per heavy atom. The van der Waals surface area contributed by atoms with Crippen LogP contribution in [0.2, 0.25) is 0 Å². The Balaban J connectivity index is 1.62. The number of carbonyl (C=O) groups excluding carboxylic acids is 1. The van der Waals surface area contributed by atoms with Crippen molar-refractivity contribution in [3.05, 3.63) is 77.6 Å². The van der Waals surface area contributed by atoms with Gasteiger partial charge in [-0.2, -0.15) is 0 Å². The summed E-state index contributed by atoms with van der Waals surface area (Å²) in [6, 6.07) is 20.5. The molecule has 0 aliphatic carbocycles. The zero-order valence-electron chi connectivity index (χ0n) is 15.7. The molecule has 3 rings (SSSR count). The zero-order valence-corrected chi connectivity index (χ0v) is 15.7. The van der Waals surface area contributed by atoms with Gasteiger partial charge in [0, 0.05) is 25.3 Å². The molecule has 1 N–H and O–H groups in total. The van der Waals surface area contributed by atoms with E-state index in [1.807, 2.05) is 50.2 Å². The second kappa shape index (κ2) is 9.07. The smallest absolute Gasteiger partial charge is 0.220 e. The minimum atomic E-state index is 0.0243. The maximum absolute atomic E-state index is 12.6. The third-order valence-electron chi connectivity index (χ3n) is 4.51. The highest BCUT2D eigenvalue weighted by molar-refractivity contribution is 5.77. The van der Waals surface area contributed by atoms with Gasteiger partial charge in [0.1, 0.15) is 0 Å². The zero-order chi connectivity index (χ0) is 19.1. The van der Waals surface area contributed by atoms with Crippen LogP contribution in [0.1, 0.15) is 49.2 Å². The third kappa shape index (κ3) is 5.00. The maximum atomic E-state index is 12.6. The van der Waals surface area contributed by atoms with Gasteiger partial charge in [-0.3, -0.25) is 4.79 Å². The van der Waals surface area contributed by atoms with Gasteiger partial charge >= 0.3 is 0 Å². The van der Waals surface area contributed by atoms with Crippen molar-refractivity contribution < 1.29 is 4.79 Å². The van der Waals surface area contributed by atoms with Crippen molar-refractivity contribution >= 4 is 5.91 Å². The first-order chi connectivity index (χ1) is 13.1. The molecule has 1 amide bonds. The van der Waals surface area contributed by atoms with E-state index in [1.165, 1.54) is 0 Å². The molecule has 6 heteroatoms. The lowest BCUT2D eigenvalue weighted by Gasteiger charge is -2.18. The van der Waals surface area contributed by atoms with Crippen LogP contribution in [-0.4, -0.2) is 32.7 Å². The van der Waals surface area contributed by atoms with Crippen molar-refractivity contribution in [2.75, 3.05) is 6.54 Å². The van der Waals surface area contributed by atoms with Crippen LogP contribution < -0.4 is 5.32 Å². The molecule has 0 saturated heterocycles. The van der Waals surface area contributed by atoms with E-state index >= 15 is 0 Å². The molecule has 0 aliphatic heterocycles. The van der Waals surface area contributed by atoms with Gasteiger partial charge in [-0.15, -0.1) is 5.10 Å². The summed E-state index contributed by atoms with van der Waals surface area (Å²) < 4.78 is 1.78. The standard InChI is InChI=1S/C21H25N5O/c1-16(2)26-20(23-24-25-26)13-14-22-21(27)15-19(17-9-5-3-6-10-17)18-11-7-4-8-12-18/h3-12,16,19H,13-15H2,1-2H3,(H,22,27). The van der Waals surface area contributed by atoms with Crippen molar-refractivity contribution in [2.45, 2.75) is 38.6 Å². The Morgan fingerprint density at radius 2 is 1.59 bits per heavy atom. The lowest BCUT2D eigenvalue weighted by atomic mass is 9.88. The summed E-state index contributed by atoms with van der Waals surface area (Å²) in [4.78, 5) is 12.6. The predicted molar refractivity (Wildman–Crippen MR) is 104 cm³/mol. The number of benzene rings is 2. The predicted octanol–water partition coefficient (Wildman–Crippen LogP) is 3.13. The van der Waals surface area contributed by atoms with Crippen LogP contribution in [0.25, 0.3) is 0 Å². The molecular weight excluding hydrogens is 338 g/mol. The fraction of sp³-hybridized carbons (Fsp3) is 0.333. The van der Waals surface area contributed by atoms with E-state index in [2.05, 4.69) is 45.1 Å². The highest BCUT2D eigenvalue weighted by Gasteiger charge is 2.18. The van der Waals surface area contributed by atoms with E-state index in [4.69, 9.17) is 0 Å². The average molecular weight is 363 g/mol. The summed E-state index contributed by atoms with van der Waals surface area (Å²) in [5, 5.41) is 14.8. The van der Waals surface area contributed by atoms with Crippen molar-refractivity contribution in [3.63, 3.8) is 0 Å². The van der Waals surface area contributed by atoms with Crippen LogP contribution >= 0.6 is 0 Å². The molecule has 0 bridgehead atoms. The minimum Gasteiger partial charge on any atom is -0.356 e. The summed E-state index contributed by atoms with van der Waals surface area (Å²) in [5.41, 5.74) is 2.28. The fourth-order valence-electron chi connectivity index (χ4n) is 3.15. The first-order valence-corrected chi connectivity index (χ1v) is 9.28. The number of rotatable bonds is 8. The number of nitrogens with zero attached hydrogens (tertiary/aromatic N) is 4. The monoisotopic (exact) mass is 363 g/mol. The molecule has 140 valence electrons. The van der Waals surface area contributed by atoms with Crippen LogP contribution in [0.4, 0.5) is 0 Å². The number of carbonyl (C=O) groups is 1. The van der Waals surface area contributed by atoms with Crippen molar-refractivity contribution in [1.82, 2.24) is 25.5 Å². The summed E-state index contributed by atoms with van der Waals surface area (Å²) >= 11 is 0. The Bertz CT molecular complexity index is 806. The minimum absolute atomic E-state index is 0.0243. The molecule has 6 nitrogen and oxygen atoms in total. The van der Waals surface area contributed by atoms with E-state index in [0.29, 0.717) is 19.4 Å². The third-order valence-corrected chi connectivity index (χ3v) is 4.51. The molecule has 2 aromatic carbocycles. The number of tetrazole rings is 1. The topological polar surface area (TPSA) is 72.7 Å². The van der Waals surface area contributed by atoms with Gasteiger partial charge in [-0.25, -0.2) is 4.68 Å². The molecule has 0 aliphatic rings. The van der Waals surface area contributed by atoms with Crippen molar-refractivity contribution in [1.29, 1.82) is 0 Å². The average Bonchev–Trinajstić information content (AvgIpc) is 3.16. The number of amides is 1. The van der Waals surface area contributed by atoms with E-state index in [-0.39, 0.29) is 17.9 Å². The van der Waals surface area contributed by atoms with Crippen LogP contribution in [0.3, 0.4) is 0 Å². The van der Waals surface area contributed by atoms with E-state index in [1.54, 1.807) is 4.68 Å². The summed E-state index contributed by atoms with van der Waals surface area (Å²) in [7, 11) is 0. The van der Waals surface area contributed by atoms with E-state index < -0.39 is 0 Å². The second-order valence-electron chi connectivity index (χ2n) is 6.81. The van der Waals surface area contributed by atoms with Gasteiger partial charge in [-0.1, -0.05) is 60.7 Å². The lowest BCUT2D eigenvalue weighted by Crippen LogP contribution is -2.28. The molecule has 0 fully saturated rings. The highest BCUT2D eigenvalue weighted by atomic mass is 16.1. The Hall–Kier alpha value is -3.02. The fourth-order valence-corrected chi connectivity index (χ4v) is 3.15. The first-order valence-electron chi connectivity index (χ1n) is 9.28. The van der Waals surface area contributed by atoms with E-state index in [0.717, 1.165) is 17.0 Å².